The van der Waals surface area contributed by atoms with Gasteiger partial charge in [-0.25, -0.2) is 0 Å². The van der Waals surface area contributed by atoms with Gasteiger partial charge in [0.15, 0.2) is 5.78 Å². The first-order valence-corrected chi connectivity index (χ1v) is 5.25. The average Bonchev–Trinajstić information content (AvgIpc) is 2.80. The quantitative estimate of drug-likeness (QED) is 0.743. The molecule has 2 nitrogen and oxygen atoms in total. The number of ketones is 1. The van der Waals surface area contributed by atoms with Crippen LogP contribution in [0.1, 0.15) is 35.2 Å². The highest BCUT2D eigenvalue weighted by Crippen LogP contribution is 2.33. The second-order valence-corrected chi connectivity index (χ2v) is 3.87. The van der Waals surface area contributed by atoms with E-state index in [1.54, 1.807) is 6.08 Å². The number of allylic oxidation sites excluding steroid dienone is 2. The molecule has 0 bridgehead atoms. The molecule has 0 N–H and O–H groups in total. The summed E-state index contributed by atoms with van der Waals surface area (Å²) >= 11 is 0. The van der Waals surface area contributed by atoms with Crippen molar-refractivity contribution in [2.75, 3.05) is 0 Å². The Balaban J connectivity index is 2.42. The highest BCUT2D eigenvalue weighted by molar-refractivity contribution is 6.09. The van der Waals surface area contributed by atoms with Gasteiger partial charge in [-0.05, 0) is 30.9 Å². The van der Waals surface area contributed by atoms with Crippen molar-refractivity contribution in [3.05, 3.63) is 41.2 Å². The van der Waals surface area contributed by atoms with Gasteiger partial charge in [0, 0.05) is 12.4 Å². The minimum absolute atomic E-state index is 0.354. The molecule has 0 saturated carbocycles. The fraction of sp³-hybridized carbons (Fsp3) is 0.333. The van der Waals surface area contributed by atoms with Crippen LogP contribution in [0.15, 0.2) is 30.1 Å². The summed E-state index contributed by atoms with van der Waals surface area (Å²) < 4.78 is 38.1. The Morgan fingerprint density at radius 3 is 2.71 bits per heavy atom. The molecule has 1 aliphatic carbocycles. The second kappa shape index (κ2) is 4.31. The van der Waals surface area contributed by atoms with Gasteiger partial charge in [-0.3, -0.25) is 9.78 Å². The number of Topliss-reactive ketones (excluding diaryl/α,β-unsaturated/α-hetero) is 1. The summed E-state index contributed by atoms with van der Waals surface area (Å²) in [5.41, 5.74) is -0.804. The van der Waals surface area contributed by atoms with Crippen molar-refractivity contribution in [1.82, 2.24) is 4.98 Å². The maximum absolute atomic E-state index is 12.7. The van der Waals surface area contributed by atoms with E-state index in [0.29, 0.717) is 12.0 Å². The maximum atomic E-state index is 12.7. The molecule has 5 heteroatoms. The Labute approximate surface area is 96.2 Å². The third-order valence-corrected chi connectivity index (χ3v) is 2.70. The molecule has 0 aliphatic heterocycles. The summed E-state index contributed by atoms with van der Waals surface area (Å²) in [4.78, 5) is 15.5. The van der Waals surface area contributed by atoms with E-state index in [9.17, 15) is 18.0 Å². The number of rotatable bonds is 2. The molecule has 0 saturated heterocycles. The molecule has 0 radical (unpaired) electrons. The van der Waals surface area contributed by atoms with Crippen molar-refractivity contribution in [2.45, 2.75) is 25.4 Å². The van der Waals surface area contributed by atoms with Crippen molar-refractivity contribution in [3.8, 4) is 0 Å². The van der Waals surface area contributed by atoms with Crippen molar-refractivity contribution >= 4 is 5.78 Å². The monoisotopic (exact) mass is 241 g/mol. The number of alkyl halides is 3. The van der Waals surface area contributed by atoms with E-state index in [1.165, 1.54) is 0 Å². The van der Waals surface area contributed by atoms with Crippen LogP contribution in [0.2, 0.25) is 0 Å². The van der Waals surface area contributed by atoms with E-state index in [0.717, 1.165) is 31.3 Å². The van der Waals surface area contributed by atoms with E-state index in [1.807, 2.05) is 0 Å². The van der Waals surface area contributed by atoms with Gasteiger partial charge in [-0.2, -0.15) is 13.2 Å². The van der Waals surface area contributed by atoms with Crippen molar-refractivity contribution in [2.24, 2.45) is 0 Å². The molecule has 17 heavy (non-hydrogen) atoms. The highest BCUT2D eigenvalue weighted by Gasteiger charge is 2.35. The SMILES string of the molecule is O=C(C1=CCCC1)c1cnccc1C(F)(F)F. The van der Waals surface area contributed by atoms with Gasteiger partial charge in [0.1, 0.15) is 0 Å². The number of nitrogens with zero attached hydrogens (tertiary/aromatic N) is 1. The molecule has 0 fully saturated rings. The third-order valence-electron chi connectivity index (χ3n) is 2.70. The summed E-state index contributed by atoms with van der Waals surface area (Å²) in [6.45, 7) is 0. The van der Waals surface area contributed by atoms with E-state index in [4.69, 9.17) is 0 Å². The maximum Gasteiger partial charge on any atom is 0.417 e. The van der Waals surface area contributed by atoms with Crippen LogP contribution in [0.5, 0.6) is 0 Å². The zero-order valence-corrected chi connectivity index (χ0v) is 8.92. The van der Waals surface area contributed by atoms with E-state index >= 15 is 0 Å². The molecule has 90 valence electrons. The predicted octanol–water partition coefficient (Wildman–Crippen LogP) is 3.39. The van der Waals surface area contributed by atoms with Gasteiger partial charge in [-0.15, -0.1) is 0 Å². The molecule has 0 unspecified atom stereocenters. The van der Waals surface area contributed by atoms with Crippen LogP contribution in [0.4, 0.5) is 13.2 Å². The number of pyridine rings is 1. The Hall–Kier alpha value is -1.65. The lowest BCUT2D eigenvalue weighted by Gasteiger charge is -2.11. The van der Waals surface area contributed by atoms with E-state index in [-0.39, 0.29) is 5.56 Å². The fourth-order valence-corrected chi connectivity index (χ4v) is 1.87. The largest absolute Gasteiger partial charge is 0.417 e. The molecule has 0 atom stereocenters. The summed E-state index contributed by atoms with van der Waals surface area (Å²) in [7, 11) is 0. The zero-order valence-electron chi connectivity index (χ0n) is 8.92. The van der Waals surface area contributed by atoms with Gasteiger partial charge < -0.3 is 0 Å². The number of carbonyl (C=O) groups excluding carboxylic acids is 1. The smallest absolute Gasteiger partial charge is 0.289 e. The molecular weight excluding hydrogens is 231 g/mol. The number of hydrogen-bond donors (Lipinski definition) is 0. The molecule has 0 aromatic carbocycles. The Bertz CT molecular complexity index is 477. The number of halogens is 3. The molecule has 2 rings (SSSR count). The second-order valence-electron chi connectivity index (χ2n) is 3.87. The summed E-state index contributed by atoms with van der Waals surface area (Å²) in [6.07, 6.45) is 1.34. The Kier molecular flexibility index (Phi) is 3.00. The lowest BCUT2D eigenvalue weighted by atomic mass is 10.00. The van der Waals surface area contributed by atoms with Crippen LogP contribution >= 0.6 is 0 Å². The fourth-order valence-electron chi connectivity index (χ4n) is 1.87. The molecule has 1 aromatic rings. The lowest BCUT2D eigenvalue weighted by molar-refractivity contribution is -0.137. The molecule has 0 amide bonds. The Morgan fingerprint density at radius 1 is 1.35 bits per heavy atom. The van der Waals surface area contributed by atoms with Crippen molar-refractivity contribution < 1.29 is 18.0 Å². The summed E-state index contributed by atoms with van der Waals surface area (Å²) in [5.74, 6) is -0.553. The van der Waals surface area contributed by atoms with Gasteiger partial charge in [-0.1, -0.05) is 6.08 Å². The minimum atomic E-state index is -4.52. The molecule has 0 spiro atoms. The first kappa shape index (κ1) is 11.8. The standard InChI is InChI=1S/C12H10F3NO/c13-12(14,15)10-5-6-16-7-9(10)11(17)8-3-1-2-4-8/h3,5-7H,1-2,4H2. The molecule has 1 heterocycles. The first-order valence-electron chi connectivity index (χ1n) is 5.25. The number of carbonyl (C=O) groups is 1. The van der Waals surface area contributed by atoms with Crippen LogP contribution in [0.3, 0.4) is 0 Å². The first-order chi connectivity index (χ1) is 8.00. The predicted molar refractivity (Wildman–Crippen MR) is 55.5 cm³/mol. The van der Waals surface area contributed by atoms with Crippen LogP contribution < -0.4 is 0 Å². The molecule has 1 aromatic heterocycles. The van der Waals surface area contributed by atoms with Crippen LogP contribution in [-0.4, -0.2) is 10.8 Å². The minimum Gasteiger partial charge on any atom is -0.289 e. The molecule has 1 aliphatic rings. The topological polar surface area (TPSA) is 30.0 Å². The summed E-state index contributed by atoms with van der Waals surface area (Å²) in [5, 5.41) is 0. The van der Waals surface area contributed by atoms with E-state index in [2.05, 4.69) is 4.98 Å². The van der Waals surface area contributed by atoms with E-state index < -0.39 is 17.5 Å². The number of aromatic nitrogens is 1. The molecular formula is C12H10F3NO. The third kappa shape index (κ3) is 2.38. The van der Waals surface area contributed by atoms with Gasteiger partial charge >= 0.3 is 6.18 Å². The van der Waals surface area contributed by atoms with Gasteiger partial charge in [0.2, 0.25) is 0 Å². The zero-order chi connectivity index (χ0) is 12.5. The van der Waals surface area contributed by atoms with Gasteiger partial charge in [0.05, 0.1) is 11.1 Å². The van der Waals surface area contributed by atoms with Crippen LogP contribution in [0.25, 0.3) is 0 Å². The van der Waals surface area contributed by atoms with Crippen LogP contribution in [0, 0.1) is 0 Å². The lowest BCUT2D eigenvalue weighted by Crippen LogP contribution is -2.14. The average molecular weight is 241 g/mol. The van der Waals surface area contributed by atoms with Crippen LogP contribution in [-0.2, 0) is 6.18 Å². The van der Waals surface area contributed by atoms with Crippen molar-refractivity contribution in [1.29, 1.82) is 0 Å². The number of hydrogen-bond acceptors (Lipinski definition) is 2. The van der Waals surface area contributed by atoms with Gasteiger partial charge in [0.25, 0.3) is 0 Å². The normalized spacial score (nSPS) is 15.8. The van der Waals surface area contributed by atoms with Crippen molar-refractivity contribution in [3.63, 3.8) is 0 Å². The summed E-state index contributed by atoms with van der Waals surface area (Å²) in [6, 6.07) is 0.836. The Morgan fingerprint density at radius 2 is 2.12 bits per heavy atom. The highest BCUT2D eigenvalue weighted by atomic mass is 19.4.